The monoisotopic (exact) mass is 427 g/mol. The van der Waals surface area contributed by atoms with Gasteiger partial charge in [0.1, 0.15) is 5.75 Å². The van der Waals surface area contributed by atoms with Crippen molar-refractivity contribution < 1.29 is 22.6 Å². The highest BCUT2D eigenvalue weighted by Gasteiger charge is 2.31. The fourth-order valence-corrected chi connectivity index (χ4v) is 4.09. The number of hydrogen-bond donors (Lipinski definition) is 1. The minimum absolute atomic E-state index is 0.0366. The van der Waals surface area contributed by atoms with Crippen LogP contribution in [0.2, 0.25) is 0 Å². The highest BCUT2D eigenvalue weighted by Crippen LogP contribution is 2.38. The molecule has 0 bridgehead atoms. The Labute approximate surface area is 179 Å². The van der Waals surface area contributed by atoms with E-state index in [0.717, 1.165) is 36.2 Å². The lowest BCUT2D eigenvalue weighted by molar-refractivity contribution is -0.274. The fourth-order valence-electron chi connectivity index (χ4n) is 4.09. The van der Waals surface area contributed by atoms with Gasteiger partial charge < -0.3 is 14.8 Å². The lowest BCUT2D eigenvalue weighted by Crippen LogP contribution is -2.39. The molecule has 1 aliphatic heterocycles. The molecule has 0 saturated carbocycles. The lowest BCUT2D eigenvalue weighted by atomic mass is 9.82. The molecular formula is C25H24F3NO2. The van der Waals surface area contributed by atoms with Crippen molar-refractivity contribution in [3.63, 3.8) is 0 Å². The van der Waals surface area contributed by atoms with Gasteiger partial charge in [0.25, 0.3) is 0 Å². The van der Waals surface area contributed by atoms with Gasteiger partial charge in [-0.2, -0.15) is 0 Å². The summed E-state index contributed by atoms with van der Waals surface area (Å²) in [5.41, 5.74) is 3.76. The Hall–Kier alpha value is -2.83. The van der Waals surface area contributed by atoms with Crippen LogP contribution in [0.5, 0.6) is 5.75 Å². The largest absolute Gasteiger partial charge is 0.573 e. The molecule has 2 atom stereocenters. The summed E-state index contributed by atoms with van der Waals surface area (Å²) in [6, 6.07) is 24.1. The van der Waals surface area contributed by atoms with E-state index in [2.05, 4.69) is 22.2 Å². The molecule has 3 aromatic rings. The van der Waals surface area contributed by atoms with E-state index < -0.39 is 6.36 Å². The molecule has 0 amide bonds. The summed E-state index contributed by atoms with van der Waals surface area (Å²) in [7, 11) is 0. The minimum atomic E-state index is -4.73. The normalized spacial score (nSPS) is 17.8. The van der Waals surface area contributed by atoms with Crippen LogP contribution >= 0.6 is 0 Å². The maximum atomic E-state index is 12.7. The van der Waals surface area contributed by atoms with E-state index in [0.29, 0.717) is 12.2 Å². The van der Waals surface area contributed by atoms with Crippen molar-refractivity contribution in [3.8, 4) is 16.9 Å². The van der Waals surface area contributed by atoms with Gasteiger partial charge in [-0.3, -0.25) is 0 Å². The zero-order valence-corrected chi connectivity index (χ0v) is 16.9. The predicted molar refractivity (Wildman–Crippen MR) is 114 cm³/mol. The van der Waals surface area contributed by atoms with Crippen molar-refractivity contribution in [2.75, 3.05) is 19.7 Å². The number of hydrogen-bond acceptors (Lipinski definition) is 3. The van der Waals surface area contributed by atoms with Gasteiger partial charge in [-0.1, -0.05) is 66.7 Å². The molecule has 0 radical (unpaired) electrons. The average molecular weight is 427 g/mol. The standard InChI is InChI=1S/C25H24F3NO2/c26-25(27,28)31-20-10-6-9-19(15-20)22-11-4-5-12-23(22)24(18-7-2-1-3-8-18)16-21-17-29-13-14-30-21/h1-12,15,21,24,29H,13-14,16-17H2. The number of rotatable bonds is 6. The molecule has 1 fully saturated rings. The number of morpholine rings is 1. The van der Waals surface area contributed by atoms with Crippen LogP contribution in [0.3, 0.4) is 0 Å². The van der Waals surface area contributed by atoms with Crippen LogP contribution in [0, 0.1) is 0 Å². The molecule has 162 valence electrons. The Kier molecular flexibility index (Phi) is 6.59. The van der Waals surface area contributed by atoms with Gasteiger partial charge in [0.15, 0.2) is 0 Å². The maximum absolute atomic E-state index is 12.7. The molecule has 0 aliphatic carbocycles. The predicted octanol–water partition coefficient (Wildman–Crippen LogP) is 5.76. The summed E-state index contributed by atoms with van der Waals surface area (Å²) >= 11 is 0. The number of alkyl halides is 3. The summed E-state index contributed by atoms with van der Waals surface area (Å²) in [6.07, 6.45) is -3.89. The van der Waals surface area contributed by atoms with Crippen LogP contribution in [-0.2, 0) is 4.74 Å². The second-order valence-corrected chi connectivity index (χ2v) is 7.56. The summed E-state index contributed by atoms with van der Waals surface area (Å²) in [4.78, 5) is 0. The van der Waals surface area contributed by atoms with Crippen molar-refractivity contribution in [3.05, 3.63) is 90.0 Å². The molecule has 1 N–H and O–H groups in total. The van der Waals surface area contributed by atoms with E-state index in [1.54, 1.807) is 6.07 Å². The van der Waals surface area contributed by atoms with Crippen molar-refractivity contribution >= 4 is 0 Å². The first-order chi connectivity index (χ1) is 15.0. The van der Waals surface area contributed by atoms with Crippen LogP contribution in [0.1, 0.15) is 23.5 Å². The van der Waals surface area contributed by atoms with Gasteiger partial charge in [0.2, 0.25) is 0 Å². The fraction of sp³-hybridized carbons (Fsp3) is 0.280. The summed E-state index contributed by atoms with van der Waals surface area (Å²) < 4.78 is 48.3. The molecule has 0 spiro atoms. The molecule has 2 unspecified atom stereocenters. The minimum Gasteiger partial charge on any atom is -0.406 e. The van der Waals surface area contributed by atoms with Crippen molar-refractivity contribution in [1.29, 1.82) is 0 Å². The SMILES string of the molecule is FC(F)(F)Oc1cccc(-c2ccccc2C(CC2CNCCO2)c2ccccc2)c1. The molecule has 0 aromatic heterocycles. The molecule has 31 heavy (non-hydrogen) atoms. The Bertz CT molecular complexity index is 985. The topological polar surface area (TPSA) is 30.5 Å². The summed E-state index contributed by atoms with van der Waals surface area (Å²) in [5.74, 6) is -0.189. The van der Waals surface area contributed by atoms with Gasteiger partial charge >= 0.3 is 6.36 Å². The quantitative estimate of drug-likeness (QED) is 0.542. The van der Waals surface area contributed by atoms with Gasteiger partial charge in [-0.25, -0.2) is 0 Å². The molecule has 4 rings (SSSR count). The highest BCUT2D eigenvalue weighted by molar-refractivity contribution is 5.70. The molecular weight excluding hydrogens is 403 g/mol. The van der Waals surface area contributed by atoms with Crippen LogP contribution in [-0.4, -0.2) is 32.2 Å². The van der Waals surface area contributed by atoms with E-state index in [4.69, 9.17) is 4.74 Å². The Morgan fingerprint density at radius 2 is 1.74 bits per heavy atom. The van der Waals surface area contributed by atoms with E-state index in [9.17, 15) is 13.2 Å². The molecule has 1 aliphatic rings. The van der Waals surface area contributed by atoms with Crippen molar-refractivity contribution in [2.24, 2.45) is 0 Å². The van der Waals surface area contributed by atoms with E-state index in [1.165, 1.54) is 12.1 Å². The second kappa shape index (κ2) is 9.54. The Morgan fingerprint density at radius 1 is 0.968 bits per heavy atom. The van der Waals surface area contributed by atoms with E-state index in [-0.39, 0.29) is 17.8 Å². The Morgan fingerprint density at radius 3 is 2.48 bits per heavy atom. The molecule has 3 nitrogen and oxygen atoms in total. The van der Waals surface area contributed by atoms with Crippen molar-refractivity contribution in [2.45, 2.75) is 24.8 Å². The van der Waals surface area contributed by atoms with Crippen LogP contribution in [0.4, 0.5) is 13.2 Å². The third-order valence-electron chi connectivity index (χ3n) is 5.42. The smallest absolute Gasteiger partial charge is 0.406 e. The molecule has 3 aromatic carbocycles. The summed E-state index contributed by atoms with van der Waals surface area (Å²) in [6.45, 7) is 2.29. The van der Waals surface area contributed by atoms with Gasteiger partial charge in [-0.05, 0) is 40.8 Å². The van der Waals surface area contributed by atoms with E-state index >= 15 is 0 Å². The first-order valence-corrected chi connectivity index (χ1v) is 10.3. The van der Waals surface area contributed by atoms with Crippen molar-refractivity contribution in [1.82, 2.24) is 5.32 Å². The van der Waals surface area contributed by atoms with Crippen LogP contribution in [0.15, 0.2) is 78.9 Å². The molecule has 6 heteroatoms. The van der Waals surface area contributed by atoms with Gasteiger partial charge in [0, 0.05) is 19.0 Å². The first-order valence-electron chi connectivity index (χ1n) is 10.3. The lowest BCUT2D eigenvalue weighted by Gasteiger charge is -2.29. The third-order valence-corrected chi connectivity index (χ3v) is 5.42. The molecule has 1 saturated heterocycles. The zero-order chi connectivity index (χ0) is 21.7. The maximum Gasteiger partial charge on any atom is 0.573 e. The molecule has 1 heterocycles. The average Bonchev–Trinajstić information content (AvgIpc) is 2.78. The second-order valence-electron chi connectivity index (χ2n) is 7.56. The van der Waals surface area contributed by atoms with Gasteiger partial charge in [-0.15, -0.1) is 13.2 Å². The number of nitrogens with one attached hydrogen (secondary N) is 1. The number of ether oxygens (including phenoxy) is 2. The third kappa shape index (κ3) is 5.66. The summed E-state index contributed by atoms with van der Waals surface area (Å²) in [5, 5.41) is 3.37. The highest BCUT2D eigenvalue weighted by atomic mass is 19.4. The van der Waals surface area contributed by atoms with Crippen LogP contribution < -0.4 is 10.1 Å². The first kappa shape index (κ1) is 21.4. The van der Waals surface area contributed by atoms with Crippen LogP contribution in [0.25, 0.3) is 11.1 Å². The number of benzene rings is 3. The van der Waals surface area contributed by atoms with E-state index in [1.807, 2.05) is 48.5 Å². The number of halogens is 3. The van der Waals surface area contributed by atoms with Gasteiger partial charge in [0.05, 0.1) is 12.7 Å². The zero-order valence-electron chi connectivity index (χ0n) is 16.9. The Balaban J connectivity index is 1.73.